The molecule has 37 heavy (non-hydrogen) atoms. The molecule has 1 heterocycles. The van der Waals surface area contributed by atoms with Crippen LogP contribution in [0.2, 0.25) is 0 Å². The molecule has 194 valence electrons. The molecule has 2 aromatic rings. The number of esters is 1. The molecule has 0 aliphatic carbocycles. The fraction of sp³-hybridized carbons (Fsp3) is 0.269. The van der Waals surface area contributed by atoms with Crippen molar-refractivity contribution in [1.29, 1.82) is 0 Å². The predicted octanol–water partition coefficient (Wildman–Crippen LogP) is 3.70. The Balaban J connectivity index is 1.39. The number of nitrogens with zero attached hydrogens (tertiary/aromatic N) is 1. The number of methoxy groups -OCH3 is 2. The van der Waals surface area contributed by atoms with Crippen molar-refractivity contribution >= 4 is 58.1 Å². The largest absolute Gasteiger partial charge is 0.496 e. The van der Waals surface area contributed by atoms with Crippen LogP contribution in [0.5, 0.6) is 5.75 Å². The molecule has 1 aliphatic rings. The van der Waals surface area contributed by atoms with Gasteiger partial charge in [0.25, 0.3) is 11.8 Å². The minimum Gasteiger partial charge on any atom is -0.496 e. The summed E-state index contributed by atoms with van der Waals surface area (Å²) in [6.45, 7) is 0.454. The molecule has 0 unspecified atom stereocenters. The minimum atomic E-state index is -0.465. The van der Waals surface area contributed by atoms with Gasteiger partial charge >= 0.3 is 5.97 Å². The maximum atomic E-state index is 12.8. The van der Waals surface area contributed by atoms with Crippen LogP contribution in [0.15, 0.2) is 53.4 Å². The normalized spacial score (nSPS) is 14.0. The van der Waals surface area contributed by atoms with Crippen LogP contribution in [-0.4, -0.2) is 53.7 Å². The Morgan fingerprint density at radius 3 is 2.43 bits per heavy atom. The number of ether oxygens (including phenoxy) is 2. The number of carbonyl (C=O) groups excluding carboxylic acids is 4. The van der Waals surface area contributed by atoms with Crippen molar-refractivity contribution in [3.63, 3.8) is 0 Å². The Labute approximate surface area is 224 Å². The van der Waals surface area contributed by atoms with Crippen LogP contribution in [0.3, 0.4) is 0 Å². The molecule has 3 amide bonds. The molecule has 1 aliphatic heterocycles. The van der Waals surface area contributed by atoms with Crippen molar-refractivity contribution in [2.45, 2.75) is 25.7 Å². The second kappa shape index (κ2) is 13.6. The van der Waals surface area contributed by atoms with Gasteiger partial charge in [-0.2, -0.15) is 0 Å². The summed E-state index contributed by atoms with van der Waals surface area (Å²) in [5, 5.41) is 0. The van der Waals surface area contributed by atoms with E-state index in [4.69, 9.17) is 17.0 Å². The summed E-state index contributed by atoms with van der Waals surface area (Å²) in [5.41, 5.74) is 6.32. The number of carbonyl (C=O) groups is 4. The summed E-state index contributed by atoms with van der Waals surface area (Å²) in [7, 11) is 2.79. The number of hydrogen-bond acceptors (Lipinski definition) is 8. The topological polar surface area (TPSA) is 114 Å². The molecule has 1 fully saturated rings. The predicted molar refractivity (Wildman–Crippen MR) is 145 cm³/mol. The van der Waals surface area contributed by atoms with Gasteiger partial charge in [-0.1, -0.05) is 54.7 Å². The Kier molecular flexibility index (Phi) is 10.2. The molecule has 2 N–H and O–H groups in total. The summed E-state index contributed by atoms with van der Waals surface area (Å²) in [6.07, 6.45) is 3.94. The summed E-state index contributed by atoms with van der Waals surface area (Å²) in [6, 6.07) is 13.5. The van der Waals surface area contributed by atoms with Crippen LogP contribution in [-0.2, 0) is 14.3 Å². The molecule has 9 nitrogen and oxygen atoms in total. The Hall–Kier alpha value is -3.70. The zero-order valence-electron chi connectivity index (χ0n) is 20.4. The monoisotopic (exact) mass is 541 g/mol. The van der Waals surface area contributed by atoms with Gasteiger partial charge in [-0.15, -0.1) is 0 Å². The van der Waals surface area contributed by atoms with Crippen molar-refractivity contribution in [3.8, 4) is 5.75 Å². The van der Waals surface area contributed by atoms with Gasteiger partial charge in [0.2, 0.25) is 5.91 Å². The molecule has 0 saturated carbocycles. The average molecular weight is 542 g/mol. The van der Waals surface area contributed by atoms with Gasteiger partial charge in [0.1, 0.15) is 10.1 Å². The van der Waals surface area contributed by atoms with Crippen molar-refractivity contribution in [3.05, 3.63) is 70.1 Å². The molecule has 0 aromatic heterocycles. The van der Waals surface area contributed by atoms with E-state index in [9.17, 15) is 19.2 Å². The van der Waals surface area contributed by atoms with Crippen LogP contribution in [0.25, 0.3) is 6.08 Å². The maximum absolute atomic E-state index is 12.8. The molecular weight excluding hydrogens is 514 g/mol. The minimum absolute atomic E-state index is 0.163. The van der Waals surface area contributed by atoms with Gasteiger partial charge in [0.15, 0.2) is 0 Å². The number of thioether (sulfide) groups is 1. The number of hydrazine groups is 1. The zero-order chi connectivity index (χ0) is 26.8. The summed E-state index contributed by atoms with van der Waals surface area (Å²) >= 11 is 6.61. The van der Waals surface area contributed by atoms with Crippen molar-refractivity contribution in [2.75, 3.05) is 20.8 Å². The Morgan fingerprint density at radius 2 is 1.73 bits per heavy atom. The molecule has 2 aromatic carbocycles. The van der Waals surface area contributed by atoms with E-state index >= 15 is 0 Å². The third kappa shape index (κ3) is 7.64. The molecule has 0 spiro atoms. The van der Waals surface area contributed by atoms with Gasteiger partial charge in [0, 0.05) is 13.0 Å². The average Bonchev–Trinajstić information content (AvgIpc) is 3.18. The van der Waals surface area contributed by atoms with E-state index in [1.165, 1.54) is 26.0 Å². The number of amides is 3. The van der Waals surface area contributed by atoms with Crippen LogP contribution < -0.4 is 15.6 Å². The second-order valence-corrected chi connectivity index (χ2v) is 9.64. The lowest BCUT2D eigenvalue weighted by Gasteiger charge is -2.14. The lowest BCUT2D eigenvalue weighted by molar-refractivity contribution is -0.123. The van der Waals surface area contributed by atoms with E-state index in [1.54, 1.807) is 59.5 Å². The lowest BCUT2D eigenvalue weighted by atomic mass is 10.1. The fourth-order valence-corrected chi connectivity index (χ4v) is 4.81. The molecule has 1 saturated heterocycles. The van der Waals surface area contributed by atoms with Gasteiger partial charge in [-0.25, -0.2) is 4.79 Å². The first-order valence-electron chi connectivity index (χ1n) is 11.5. The van der Waals surface area contributed by atoms with Gasteiger partial charge < -0.3 is 9.47 Å². The van der Waals surface area contributed by atoms with Crippen molar-refractivity contribution in [2.24, 2.45) is 0 Å². The van der Waals surface area contributed by atoms with Crippen molar-refractivity contribution in [1.82, 2.24) is 15.8 Å². The highest BCUT2D eigenvalue weighted by molar-refractivity contribution is 8.26. The second-order valence-electron chi connectivity index (χ2n) is 7.96. The Morgan fingerprint density at radius 1 is 1.00 bits per heavy atom. The van der Waals surface area contributed by atoms with Crippen LogP contribution in [0, 0.1) is 0 Å². The summed E-state index contributed by atoms with van der Waals surface area (Å²) in [5.74, 6) is -0.948. The third-order valence-electron chi connectivity index (χ3n) is 5.46. The number of benzene rings is 2. The number of nitrogens with one attached hydrogen (secondary N) is 2. The highest BCUT2D eigenvalue weighted by Crippen LogP contribution is 2.32. The first-order chi connectivity index (χ1) is 17.8. The first-order valence-corrected chi connectivity index (χ1v) is 12.7. The lowest BCUT2D eigenvalue weighted by Crippen LogP contribution is -2.41. The molecular formula is C26H27N3O6S2. The summed E-state index contributed by atoms with van der Waals surface area (Å²) in [4.78, 5) is 50.7. The molecule has 11 heteroatoms. The number of unbranched alkanes of at least 4 members (excludes halogenated alkanes) is 2. The van der Waals surface area contributed by atoms with Crippen LogP contribution >= 0.6 is 24.0 Å². The van der Waals surface area contributed by atoms with E-state index < -0.39 is 11.9 Å². The van der Waals surface area contributed by atoms with E-state index in [1.807, 2.05) is 0 Å². The third-order valence-corrected chi connectivity index (χ3v) is 6.83. The van der Waals surface area contributed by atoms with E-state index in [-0.39, 0.29) is 18.2 Å². The first kappa shape index (κ1) is 27.9. The number of para-hydroxylation sites is 1. The van der Waals surface area contributed by atoms with E-state index in [2.05, 4.69) is 15.6 Å². The van der Waals surface area contributed by atoms with Crippen LogP contribution in [0.4, 0.5) is 0 Å². The number of rotatable bonds is 10. The number of hydrogen-bond donors (Lipinski definition) is 2. The molecule has 0 atom stereocenters. The zero-order valence-corrected chi connectivity index (χ0v) is 22.1. The van der Waals surface area contributed by atoms with Gasteiger partial charge in [-0.3, -0.25) is 30.1 Å². The number of thiocarbonyl (C=S) groups is 1. The highest BCUT2D eigenvalue weighted by Gasteiger charge is 2.31. The standard InChI is InChI=1S/C26H27N3O6S2/c1-34-20-9-6-5-8-19(20)23(31)28-27-22(30)10-4-3-7-15-29-24(32)21(37-26(29)36)16-17-11-13-18(14-12-17)25(33)35-2/h5-6,8-9,11-14,16H,3-4,7,10,15H2,1-2H3,(H,27,30)(H,28,31)/b21-16-. The fourth-order valence-electron chi connectivity index (χ4n) is 3.50. The molecule has 0 radical (unpaired) electrons. The highest BCUT2D eigenvalue weighted by atomic mass is 32.2. The van der Waals surface area contributed by atoms with E-state index in [0.717, 1.165) is 5.56 Å². The smallest absolute Gasteiger partial charge is 0.337 e. The maximum Gasteiger partial charge on any atom is 0.337 e. The van der Waals surface area contributed by atoms with Crippen LogP contribution in [0.1, 0.15) is 52.0 Å². The summed E-state index contributed by atoms with van der Waals surface area (Å²) < 4.78 is 10.3. The van der Waals surface area contributed by atoms with Gasteiger partial charge in [0.05, 0.1) is 30.3 Å². The molecule has 0 bridgehead atoms. The molecule has 3 rings (SSSR count). The van der Waals surface area contributed by atoms with Crippen molar-refractivity contribution < 1.29 is 28.7 Å². The van der Waals surface area contributed by atoms with E-state index in [0.29, 0.717) is 51.9 Å². The van der Waals surface area contributed by atoms with Gasteiger partial charge in [-0.05, 0) is 48.7 Å². The SMILES string of the molecule is COC(=O)c1ccc(/C=C2\SC(=S)N(CCCCCC(=O)NNC(=O)c3ccccc3OC)C2=O)cc1. The quantitative estimate of drug-likeness (QED) is 0.154. The Bertz CT molecular complexity index is 1210.